The summed E-state index contributed by atoms with van der Waals surface area (Å²) in [6, 6.07) is 8.29. The molecule has 1 aromatic rings. The Morgan fingerprint density at radius 3 is 2.68 bits per heavy atom. The number of ether oxygens (including phenoxy) is 2. The van der Waals surface area contributed by atoms with Crippen LogP contribution in [0.2, 0.25) is 0 Å². The third kappa shape index (κ3) is 1.38. The van der Waals surface area contributed by atoms with E-state index in [2.05, 4.69) is 32.9 Å². The molecule has 3 atom stereocenters. The lowest BCUT2D eigenvalue weighted by Crippen LogP contribution is -2.66. The maximum absolute atomic E-state index is 12.4. The molecule has 2 aliphatic carbocycles. The van der Waals surface area contributed by atoms with Crippen LogP contribution in [0, 0.1) is 16.7 Å². The van der Waals surface area contributed by atoms with Crippen molar-refractivity contribution in [2.24, 2.45) is 16.7 Å². The number of carbonyl (C=O) groups excluding carboxylic acids is 1. The van der Waals surface area contributed by atoms with Crippen molar-refractivity contribution in [3.8, 4) is 0 Å². The lowest BCUT2D eigenvalue weighted by atomic mass is 9.35. The molecule has 22 heavy (non-hydrogen) atoms. The van der Waals surface area contributed by atoms with Crippen molar-refractivity contribution in [1.29, 1.82) is 0 Å². The quantitative estimate of drug-likeness (QED) is 0.745. The molecule has 1 saturated heterocycles. The molecule has 0 bridgehead atoms. The van der Waals surface area contributed by atoms with Crippen LogP contribution in [0.1, 0.15) is 37.8 Å². The van der Waals surface area contributed by atoms with Gasteiger partial charge in [0, 0.05) is 5.41 Å². The molecule has 1 heterocycles. The fourth-order valence-corrected chi connectivity index (χ4v) is 5.08. The number of benzene rings is 1. The summed E-state index contributed by atoms with van der Waals surface area (Å²) in [7, 11) is 1.46. The maximum Gasteiger partial charge on any atom is 0.338 e. The zero-order valence-corrected chi connectivity index (χ0v) is 13.6. The first-order valence-electron chi connectivity index (χ1n) is 7.92. The number of rotatable bonds is 1. The van der Waals surface area contributed by atoms with E-state index in [4.69, 9.17) is 9.47 Å². The van der Waals surface area contributed by atoms with E-state index < -0.39 is 0 Å². The summed E-state index contributed by atoms with van der Waals surface area (Å²) >= 11 is 0. The highest BCUT2D eigenvalue weighted by Crippen LogP contribution is 2.74. The maximum atomic E-state index is 12.4. The summed E-state index contributed by atoms with van der Waals surface area (Å²) in [5.74, 6) is 0.611. The van der Waals surface area contributed by atoms with Gasteiger partial charge in [0.2, 0.25) is 0 Å². The van der Waals surface area contributed by atoms with Crippen molar-refractivity contribution in [2.75, 3.05) is 20.3 Å². The fraction of sp³-hybridized carbons (Fsp3) is 0.526. The van der Waals surface area contributed by atoms with E-state index in [1.807, 2.05) is 12.1 Å². The summed E-state index contributed by atoms with van der Waals surface area (Å²) in [5.41, 5.74) is 4.44. The standard InChI is InChI=1S/C19H22O3/c1-18(2)15-12-8-6-5-7-11(12)14(17(20)21-4)13-9-22-10-19(18,3)16(13)15/h5-8,15-16H,9-10H2,1-4H3. The van der Waals surface area contributed by atoms with E-state index in [-0.39, 0.29) is 16.8 Å². The highest BCUT2D eigenvalue weighted by atomic mass is 16.5. The van der Waals surface area contributed by atoms with Crippen LogP contribution in [0.15, 0.2) is 29.8 Å². The van der Waals surface area contributed by atoms with Gasteiger partial charge in [-0.3, -0.25) is 0 Å². The Bertz CT molecular complexity index is 700. The Kier molecular flexibility index (Phi) is 2.69. The lowest BCUT2D eigenvalue weighted by Gasteiger charge is -2.70. The van der Waals surface area contributed by atoms with Crippen molar-refractivity contribution in [1.82, 2.24) is 0 Å². The minimum absolute atomic E-state index is 0.0814. The van der Waals surface area contributed by atoms with E-state index >= 15 is 0 Å². The largest absolute Gasteiger partial charge is 0.465 e. The van der Waals surface area contributed by atoms with Crippen LogP contribution in [0.5, 0.6) is 0 Å². The monoisotopic (exact) mass is 298 g/mol. The molecule has 0 aromatic heterocycles. The summed E-state index contributed by atoms with van der Waals surface area (Å²) in [4.78, 5) is 12.4. The molecule has 2 fully saturated rings. The van der Waals surface area contributed by atoms with Crippen molar-refractivity contribution < 1.29 is 14.3 Å². The average Bonchev–Trinajstić information content (AvgIpc) is 2.52. The van der Waals surface area contributed by atoms with E-state index in [1.165, 1.54) is 12.7 Å². The molecule has 1 aromatic carbocycles. The number of hydrogen-bond donors (Lipinski definition) is 0. The van der Waals surface area contributed by atoms with Gasteiger partial charge >= 0.3 is 5.97 Å². The zero-order chi connectivity index (χ0) is 15.7. The SMILES string of the molecule is COC(=O)C1=C2COCC3(C)C2C(c2ccccc21)C3(C)C. The molecule has 0 amide bonds. The smallest absolute Gasteiger partial charge is 0.338 e. The predicted molar refractivity (Wildman–Crippen MR) is 84.3 cm³/mol. The first kappa shape index (κ1) is 14.0. The molecule has 3 nitrogen and oxygen atoms in total. The molecule has 0 N–H and O–H groups in total. The van der Waals surface area contributed by atoms with Crippen LogP contribution >= 0.6 is 0 Å². The summed E-state index contributed by atoms with van der Waals surface area (Å²) in [6.07, 6.45) is 0. The van der Waals surface area contributed by atoms with Gasteiger partial charge in [-0.25, -0.2) is 4.79 Å². The van der Waals surface area contributed by atoms with E-state index in [0.29, 0.717) is 18.4 Å². The second kappa shape index (κ2) is 4.23. The molecule has 1 aliphatic heterocycles. The molecule has 3 unspecified atom stereocenters. The number of hydrogen-bond acceptors (Lipinski definition) is 3. The second-order valence-corrected chi connectivity index (χ2v) is 7.57. The third-order valence-corrected chi connectivity index (χ3v) is 6.58. The fourth-order valence-electron chi connectivity index (χ4n) is 5.08. The molecule has 4 rings (SSSR count). The van der Waals surface area contributed by atoms with Gasteiger partial charge in [-0.05, 0) is 34.0 Å². The molecule has 116 valence electrons. The zero-order valence-electron chi connectivity index (χ0n) is 13.6. The molecule has 3 heteroatoms. The first-order valence-corrected chi connectivity index (χ1v) is 7.92. The Morgan fingerprint density at radius 1 is 1.23 bits per heavy atom. The molecular formula is C19H22O3. The number of fused-ring (bicyclic) bond motifs is 2. The van der Waals surface area contributed by atoms with Crippen molar-refractivity contribution in [2.45, 2.75) is 26.7 Å². The van der Waals surface area contributed by atoms with Gasteiger partial charge in [-0.15, -0.1) is 0 Å². The number of carbonyl (C=O) groups is 1. The minimum atomic E-state index is -0.238. The number of esters is 1. The Morgan fingerprint density at radius 2 is 1.95 bits per heavy atom. The number of methoxy groups -OCH3 is 1. The van der Waals surface area contributed by atoms with Crippen LogP contribution in [-0.4, -0.2) is 26.3 Å². The first-order chi connectivity index (χ1) is 10.4. The van der Waals surface area contributed by atoms with Crippen molar-refractivity contribution in [3.05, 3.63) is 41.0 Å². The molecule has 0 spiro atoms. The molecule has 1 saturated carbocycles. The normalized spacial score (nSPS) is 34.4. The van der Waals surface area contributed by atoms with Gasteiger partial charge in [0.15, 0.2) is 0 Å². The van der Waals surface area contributed by atoms with E-state index in [0.717, 1.165) is 23.3 Å². The summed E-state index contributed by atoms with van der Waals surface area (Å²) < 4.78 is 11.0. The third-order valence-electron chi connectivity index (χ3n) is 6.58. The van der Waals surface area contributed by atoms with Crippen LogP contribution in [-0.2, 0) is 14.3 Å². The van der Waals surface area contributed by atoms with Gasteiger partial charge in [0.05, 0.1) is 25.9 Å². The van der Waals surface area contributed by atoms with Crippen LogP contribution in [0.25, 0.3) is 5.57 Å². The van der Waals surface area contributed by atoms with Gasteiger partial charge in [0.25, 0.3) is 0 Å². The topological polar surface area (TPSA) is 35.5 Å². The van der Waals surface area contributed by atoms with Gasteiger partial charge in [-0.1, -0.05) is 45.0 Å². The van der Waals surface area contributed by atoms with E-state index in [9.17, 15) is 4.79 Å². The molecule has 0 radical (unpaired) electrons. The Labute approximate surface area is 131 Å². The van der Waals surface area contributed by atoms with Gasteiger partial charge < -0.3 is 9.47 Å². The summed E-state index contributed by atoms with van der Waals surface area (Å²) in [5, 5.41) is 0. The molecular weight excluding hydrogens is 276 g/mol. The van der Waals surface area contributed by atoms with Crippen molar-refractivity contribution >= 4 is 11.5 Å². The Hall–Kier alpha value is -1.61. The second-order valence-electron chi connectivity index (χ2n) is 7.57. The lowest BCUT2D eigenvalue weighted by molar-refractivity contribution is -0.186. The van der Waals surface area contributed by atoms with Crippen molar-refractivity contribution in [3.63, 3.8) is 0 Å². The molecule has 3 aliphatic rings. The van der Waals surface area contributed by atoms with Gasteiger partial charge in [0.1, 0.15) is 0 Å². The predicted octanol–water partition coefficient (Wildman–Crippen LogP) is 3.40. The van der Waals surface area contributed by atoms with Crippen LogP contribution < -0.4 is 0 Å². The van der Waals surface area contributed by atoms with Crippen LogP contribution in [0.3, 0.4) is 0 Å². The summed E-state index contributed by atoms with van der Waals surface area (Å²) in [6.45, 7) is 8.28. The average molecular weight is 298 g/mol. The van der Waals surface area contributed by atoms with Gasteiger partial charge in [-0.2, -0.15) is 0 Å². The van der Waals surface area contributed by atoms with E-state index in [1.54, 1.807) is 0 Å². The Balaban J connectivity index is 2.01. The minimum Gasteiger partial charge on any atom is -0.465 e. The highest BCUT2D eigenvalue weighted by Gasteiger charge is 2.68. The highest BCUT2D eigenvalue weighted by molar-refractivity contribution is 6.18. The van der Waals surface area contributed by atoms with Crippen LogP contribution in [0.4, 0.5) is 0 Å².